The molecule has 1 aromatic carbocycles. The predicted molar refractivity (Wildman–Crippen MR) is 58.2 cm³/mol. The molecule has 0 aliphatic carbocycles. The quantitative estimate of drug-likeness (QED) is 0.724. The van der Waals surface area contributed by atoms with Crippen molar-refractivity contribution in [1.82, 2.24) is 4.90 Å². The van der Waals surface area contributed by atoms with Gasteiger partial charge in [-0.3, -0.25) is 4.79 Å². The molecule has 0 radical (unpaired) electrons. The van der Waals surface area contributed by atoms with Crippen LogP contribution in [-0.4, -0.2) is 24.4 Å². The van der Waals surface area contributed by atoms with Crippen molar-refractivity contribution in [3.8, 4) is 0 Å². The summed E-state index contributed by atoms with van der Waals surface area (Å²) in [5.41, 5.74) is 8.04. The lowest BCUT2D eigenvalue weighted by Crippen LogP contribution is -2.26. The average Bonchev–Trinajstić information content (AvgIpc) is 2.20. The zero-order valence-electron chi connectivity index (χ0n) is 8.87. The number of anilines is 1. The van der Waals surface area contributed by atoms with Gasteiger partial charge in [-0.2, -0.15) is 0 Å². The number of benzene rings is 1. The van der Waals surface area contributed by atoms with E-state index in [1.54, 1.807) is 24.1 Å². The molecule has 2 N–H and O–H groups in total. The van der Waals surface area contributed by atoms with E-state index in [0.717, 1.165) is 11.3 Å². The number of nitrogen functional groups attached to an aromatic ring is 1. The summed E-state index contributed by atoms with van der Waals surface area (Å²) >= 11 is 0. The van der Waals surface area contributed by atoms with Crippen molar-refractivity contribution in [2.75, 3.05) is 19.3 Å². The van der Waals surface area contributed by atoms with E-state index in [1.165, 1.54) is 0 Å². The number of aryl methyl sites for hydroxylation is 1. The summed E-state index contributed by atoms with van der Waals surface area (Å²) < 4.78 is 0. The highest BCUT2D eigenvalue weighted by Gasteiger charge is 2.10. The molecule has 3 heteroatoms. The second-order valence-electron chi connectivity index (χ2n) is 3.39. The van der Waals surface area contributed by atoms with Gasteiger partial charge in [0.2, 0.25) is 0 Å². The molecular weight excluding hydrogens is 176 g/mol. The van der Waals surface area contributed by atoms with Gasteiger partial charge in [0, 0.05) is 24.8 Å². The van der Waals surface area contributed by atoms with Gasteiger partial charge in [-0.15, -0.1) is 0 Å². The fraction of sp³-hybridized carbons (Fsp3) is 0.364. The van der Waals surface area contributed by atoms with E-state index >= 15 is 0 Å². The molecule has 14 heavy (non-hydrogen) atoms. The molecule has 0 bridgehead atoms. The number of nitrogens with two attached hydrogens (primary N) is 1. The Morgan fingerprint density at radius 2 is 2.14 bits per heavy atom. The van der Waals surface area contributed by atoms with Gasteiger partial charge in [-0.05, 0) is 37.6 Å². The summed E-state index contributed by atoms with van der Waals surface area (Å²) in [5.74, 6) is 0.0376. The van der Waals surface area contributed by atoms with Gasteiger partial charge in [-0.1, -0.05) is 0 Å². The minimum absolute atomic E-state index is 0.0376. The second-order valence-corrected chi connectivity index (χ2v) is 3.39. The van der Waals surface area contributed by atoms with Crippen LogP contribution in [0.2, 0.25) is 0 Å². The summed E-state index contributed by atoms with van der Waals surface area (Å²) in [6, 6.07) is 5.35. The SMILES string of the molecule is CCN(C)C(=O)c1ccc(N)c(C)c1. The topological polar surface area (TPSA) is 46.3 Å². The Morgan fingerprint density at radius 3 is 2.64 bits per heavy atom. The van der Waals surface area contributed by atoms with Crippen LogP contribution in [0.25, 0.3) is 0 Å². The van der Waals surface area contributed by atoms with Crippen molar-refractivity contribution in [2.24, 2.45) is 0 Å². The van der Waals surface area contributed by atoms with Crippen LogP contribution in [-0.2, 0) is 0 Å². The van der Waals surface area contributed by atoms with Crippen molar-refractivity contribution in [3.05, 3.63) is 29.3 Å². The summed E-state index contributed by atoms with van der Waals surface area (Å²) in [7, 11) is 1.79. The molecule has 1 rings (SSSR count). The Balaban J connectivity index is 2.97. The molecule has 0 aliphatic rings. The third kappa shape index (κ3) is 2.05. The van der Waals surface area contributed by atoms with Gasteiger partial charge in [0.15, 0.2) is 0 Å². The first-order chi connectivity index (χ1) is 6.56. The molecule has 0 saturated carbocycles. The molecule has 0 unspecified atom stereocenters. The second kappa shape index (κ2) is 4.13. The zero-order chi connectivity index (χ0) is 10.7. The fourth-order valence-electron chi connectivity index (χ4n) is 1.17. The van der Waals surface area contributed by atoms with Gasteiger partial charge in [0.05, 0.1) is 0 Å². The van der Waals surface area contributed by atoms with Crippen molar-refractivity contribution >= 4 is 11.6 Å². The van der Waals surface area contributed by atoms with E-state index in [1.807, 2.05) is 19.9 Å². The number of carbonyl (C=O) groups is 1. The molecule has 0 aromatic heterocycles. The van der Waals surface area contributed by atoms with Gasteiger partial charge < -0.3 is 10.6 Å². The third-order valence-corrected chi connectivity index (χ3v) is 2.34. The number of amides is 1. The van der Waals surface area contributed by atoms with Crippen LogP contribution in [0.4, 0.5) is 5.69 Å². The van der Waals surface area contributed by atoms with E-state index in [2.05, 4.69) is 0 Å². The van der Waals surface area contributed by atoms with Crippen LogP contribution in [0.15, 0.2) is 18.2 Å². The lowest BCUT2D eigenvalue weighted by molar-refractivity contribution is 0.0802. The Morgan fingerprint density at radius 1 is 1.50 bits per heavy atom. The minimum atomic E-state index is 0.0376. The van der Waals surface area contributed by atoms with E-state index < -0.39 is 0 Å². The highest BCUT2D eigenvalue weighted by Crippen LogP contribution is 2.13. The summed E-state index contributed by atoms with van der Waals surface area (Å²) in [6.45, 7) is 4.56. The van der Waals surface area contributed by atoms with Gasteiger partial charge in [0.1, 0.15) is 0 Å². The standard InChI is InChI=1S/C11H16N2O/c1-4-13(3)11(14)9-5-6-10(12)8(2)7-9/h5-7H,4,12H2,1-3H3. The number of carbonyl (C=O) groups excluding carboxylic acids is 1. The first-order valence-electron chi connectivity index (χ1n) is 4.67. The first-order valence-corrected chi connectivity index (χ1v) is 4.67. The van der Waals surface area contributed by atoms with E-state index in [-0.39, 0.29) is 5.91 Å². The third-order valence-electron chi connectivity index (χ3n) is 2.34. The zero-order valence-corrected chi connectivity index (χ0v) is 8.87. The minimum Gasteiger partial charge on any atom is -0.399 e. The molecule has 1 aromatic rings. The van der Waals surface area contributed by atoms with Crippen molar-refractivity contribution in [2.45, 2.75) is 13.8 Å². The lowest BCUT2D eigenvalue weighted by atomic mass is 10.1. The molecule has 0 saturated heterocycles. The monoisotopic (exact) mass is 192 g/mol. The number of rotatable bonds is 2. The average molecular weight is 192 g/mol. The van der Waals surface area contributed by atoms with Crippen LogP contribution >= 0.6 is 0 Å². The highest BCUT2D eigenvalue weighted by atomic mass is 16.2. The maximum Gasteiger partial charge on any atom is 0.253 e. The molecule has 3 nitrogen and oxygen atoms in total. The van der Waals surface area contributed by atoms with Crippen molar-refractivity contribution in [1.29, 1.82) is 0 Å². The summed E-state index contributed by atoms with van der Waals surface area (Å²) in [6.07, 6.45) is 0. The number of hydrogen-bond acceptors (Lipinski definition) is 2. The highest BCUT2D eigenvalue weighted by molar-refractivity contribution is 5.94. The van der Waals surface area contributed by atoms with Crippen molar-refractivity contribution in [3.63, 3.8) is 0 Å². The Labute approximate surface area is 84.5 Å². The molecule has 0 heterocycles. The van der Waals surface area contributed by atoms with Crippen LogP contribution < -0.4 is 5.73 Å². The van der Waals surface area contributed by atoms with E-state index in [0.29, 0.717) is 12.1 Å². The summed E-state index contributed by atoms with van der Waals surface area (Å²) in [4.78, 5) is 13.4. The van der Waals surface area contributed by atoms with E-state index in [9.17, 15) is 4.79 Å². The Bertz CT molecular complexity index is 347. The Hall–Kier alpha value is -1.51. The van der Waals surface area contributed by atoms with Crippen LogP contribution in [0.1, 0.15) is 22.8 Å². The van der Waals surface area contributed by atoms with E-state index in [4.69, 9.17) is 5.73 Å². The Kier molecular flexibility index (Phi) is 3.12. The lowest BCUT2D eigenvalue weighted by Gasteiger charge is -2.14. The predicted octanol–water partition coefficient (Wildman–Crippen LogP) is 1.67. The molecular formula is C11H16N2O. The van der Waals surface area contributed by atoms with Crippen LogP contribution in [0, 0.1) is 6.92 Å². The number of hydrogen-bond donors (Lipinski definition) is 1. The molecule has 0 atom stereocenters. The molecule has 0 spiro atoms. The largest absolute Gasteiger partial charge is 0.399 e. The molecule has 1 amide bonds. The summed E-state index contributed by atoms with van der Waals surface area (Å²) in [5, 5.41) is 0. The smallest absolute Gasteiger partial charge is 0.253 e. The van der Waals surface area contributed by atoms with Gasteiger partial charge in [0.25, 0.3) is 5.91 Å². The molecule has 0 fully saturated rings. The molecule has 76 valence electrons. The fourth-order valence-corrected chi connectivity index (χ4v) is 1.17. The first kappa shape index (κ1) is 10.6. The van der Waals surface area contributed by atoms with Crippen LogP contribution in [0.5, 0.6) is 0 Å². The van der Waals surface area contributed by atoms with Gasteiger partial charge in [-0.25, -0.2) is 0 Å². The maximum atomic E-state index is 11.7. The van der Waals surface area contributed by atoms with Crippen molar-refractivity contribution < 1.29 is 4.79 Å². The van der Waals surface area contributed by atoms with Crippen LogP contribution in [0.3, 0.4) is 0 Å². The maximum absolute atomic E-state index is 11.7. The number of nitrogens with zero attached hydrogens (tertiary/aromatic N) is 1. The van der Waals surface area contributed by atoms with Gasteiger partial charge >= 0.3 is 0 Å². The normalized spacial score (nSPS) is 9.93. The molecule has 0 aliphatic heterocycles.